The van der Waals surface area contributed by atoms with Crippen LogP contribution in [0, 0.1) is 12.7 Å². The van der Waals surface area contributed by atoms with E-state index in [9.17, 15) is 9.18 Å². The van der Waals surface area contributed by atoms with Crippen LogP contribution in [0.25, 0.3) is 16.8 Å². The number of nitrogens with one attached hydrogen (secondary N) is 1. The number of carbonyl (C=O) groups excluding carboxylic acids is 1. The highest BCUT2D eigenvalue weighted by atomic mass is 32.2. The number of thioether (sulfide) groups is 1. The zero-order valence-corrected chi connectivity index (χ0v) is 21.1. The van der Waals surface area contributed by atoms with Gasteiger partial charge in [-0.2, -0.15) is 0 Å². The van der Waals surface area contributed by atoms with Gasteiger partial charge in [-0.15, -0.1) is 10.2 Å². The van der Waals surface area contributed by atoms with Crippen molar-refractivity contribution in [2.75, 3.05) is 0 Å². The van der Waals surface area contributed by atoms with Crippen LogP contribution in [0.5, 0.6) is 0 Å². The van der Waals surface area contributed by atoms with E-state index in [4.69, 9.17) is 0 Å². The Bertz CT molecular complexity index is 1480. The van der Waals surface area contributed by atoms with Crippen LogP contribution < -0.4 is 5.32 Å². The minimum absolute atomic E-state index is 0.182. The van der Waals surface area contributed by atoms with E-state index in [-0.39, 0.29) is 18.3 Å². The van der Waals surface area contributed by atoms with E-state index in [1.165, 1.54) is 23.9 Å². The summed E-state index contributed by atoms with van der Waals surface area (Å²) in [4.78, 5) is 12.9. The van der Waals surface area contributed by atoms with E-state index >= 15 is 0 Å². The Hall–Kier alpha value is -4.23. The van der Waals surface area contributed by atoms with Crippen LogP contribution in [0.1, 0.15) is 27.3 Å². The highest BCUT2D eigenvalue weighted by molar-refractivity contribution is 7.98. The smallest absolute Gasteiger partial charge is 0.251 e. The molecule has 0 atom stereocenters. The average Bonchev–Trinajstić information content (AvgIpc) is 3.35. The lowest BCUT2D eigenvalue weighted by Gasteiger charge is -2.12. The molecule has 0 unspecified atom stereocenters. The molecule has 0 aliphatic carbocycles. The van der Waals surface area contributed by atoms with Crippen LogP contribution in [0.15, 0.2) is 108 Å². The molecule has 5 aromatic rings. The van der Waals surface area contributed by atoms with Crippen LogP contribution >= 0.6 is 11.8 Å². The highest BCUT2D eigenvalue weighted by Gasteiger charge is 2.16. The van der Waals surface area contributed by atoms with Gasteiger partial charge < -0.3 is 5.32 Å². The van der Waals surface area contributed by atoms with Crippen molar-refractivity contribution in [2.45, 2.75) is 24.4 Å². The molecule has 37 heavy (non-hydrogen) atoms. The third-order valence-corrected chi connectivity index (χ3v) is 6.94. The molecule has 0 aliphatic heterocycles. The number of aromatic nitrogens is 3. The zero-order chi connectivity index (χ0) is 25.6. The number of nitrogens with zero attached hydrogens (tertiary/aromatic N) is 3. The van der Waals surface area contributed by atoms with Crippen molar-refractivity contribution in [3.8, 4) is 16.8 Å². The Labute approximate surface area is 219 Å². The maximum Gasteiger partial charge on any atom is 0.251 e. The second kappa shape index (κ2) is 11.2. The zero-order valence-electron chi connectivity index (χ0n) is 20.3. The molecule has 1 aromatic heterocycles. The molecule has 0 saturated heterocycles. The lowest BCUT2D eigenvalue weighted by Crippen LogP contribution is -2.24. The summed E-state index contributed by atoms with van der Waals surface area (Å²) in [7, 11) is 0. The molecule has 0 aliphatic rings. The fourth-order valence-electron chi connectivity index (χ4n) is 3.90. The van der Waals surface area contributed by atoms with Gasteiger partial charge in [0.05, 0.1) is 6.54 Å². The van der Waals surface area contributed by atoms with Crippen molar-refractivity contribution in [1.82, 2.24) is 20.1 Å². The van der Waals surface area contributed by atoms with Crippen LogP contribution in [-0.2, 0) is 12.3 Å². The van der Waals surface area contributed by atoms with E-state index < -0.39 is 0 Å². The number of aryl methyl sites for hydroxylation is 1. The lowest BCUT2D eigenvalue weighted by molar-refractivity contribution is 0.0949. The maximum absolute atomic E-state index is 13.3. The number of amides is 1. The Morgan fingerprint density at radius 2 is 1.51 bits per heavy atom. The molecule has 0 radical (unpaired) electrons. The van der Waals surface area contributed by atoms with Crippen molar-refractivity contribution in [3.63, 3.8) is 0 Å². The third-order valence-electron chi connectivity index (χ3n) is 5.94. The summed E-state index contributed by atoms with van der Waals surface area (Å²) in [5.74, 6) is 0.798. The van der Waals surface area contributed by atoms with Gasteiger partial charge in [0.1, 0.15) is 5.82 Å². The van der Waals surface area contributed by atoms with Crippen molar-refractivity contribution in [1.29, 1.82) is 0 Å². The van der Waals surface area contributed by atoms with E-state index in [0.717, 1.165) is 27.9 Å². The quantitative estimate of drug-likeness (QED) is 0.240. The summed E-state index contributed by atoms with van der Waals surface area (Å²) in [5.41, 5.74) is 5.77. The normalized spacial score (nSPS) is 10.9. The summed E-state index contributed by atoms with van der Waals surface area (Å²) in [6.07, 6.45) is 0. The first-order valence-electron chi connectivity index (χ1n) is 11.9. The van der Waals surface area contributed by atoms with Gasteiger partial charge in [0.15, 0.2) is 11.0 Å². The second-order valence-corrected chi connectivity index (χ2v) is 9.55. The summed E-state index contributed by atoms with van der Waals surface area (Å²) in [6.45, 7) is 2.25. The summed E-state index contributed by atoms with van der Waals surface area (Å²) >= 11 is 1.51. The predicted octanol–water partition coefficient (Wildman–Crippen LogP) is 6.60. The molecule has 4 aromatic carbocycles. The van der Waals surface area contributed by atoms with E-state index in [1.807, 2.05) is 90.4 Å². The number of benzene rings is 4. The number of hydrogen-bond donors (Lipinski definition) is 1. The highest BCUT2D eigenvalue weighted by Crippen LogP contribution is 2.26. The number of hydrogen-bond acceptors (Lipinski definition) is 4. The summed E-state index contributed by atoms with van der Waals surface area (Å²) in [5, 5.41) is 12.4. The van der Waals surface area contributed by atoms with Crippen molar-refractivity contribution >= 4 is 17.7 Å². The number of halogens is 1. The minimum Gasteiger partial charge on any atom is -0.345 e. The van der Waals surface area contributed by atoms with Gasteiger partial charge in [-0.25, -0.2) is 4.39 Å². The molecule has 1 amide bonds. The molecule has 0 spiro atoms. The van der Waals surface area contributed by atoms with Crippen molar-refractivity contribution < 1.29 is 9.18 Å². The first kappa shape index (κ1) is 24.5. The molecule has 0 fully saturated rings. The van der Waals surface area contributed by atoms with Crippen molar-refractivity contribution in [2.24, 2.45) is 0 Å². The molecular formula is C30H25FN4OS. The molecule has 1 N–H and O–H groups in total. The second-order valence-electron chi connectivity index (χ2n) is 8.61. The lowest BCUT2D eigenvalue weighted by atomic mass is 10.0. The fourth-order valence-corrected chi connectivity index (χ4v) is 4.82. The molecule has 7 heteroatoms. The van der Waals surface area contributed by atoms with E-state index in [0.29, 0.717) is 22.3 Å². The van der Waals surface area contributed by atoms with E-state index in [1.54, 1.807) is 12.1 Å². The molecule has 0 bridgehead atoms. The standard InChI is InChI=1S/C30H25FN4OS/c1-21-7-17-27(18-8-21)35-28(33-34-30(35)37-20-22-9-15-26(31)16-10-22)19-32-29(36)25-13-11-24(12-14-25)23-5-3-2-4-6-23/h2-18H,19-20H2,1H3,(H,32,36). The van der Waals surface area contributed by atoms with Crippen LogP contribution in [-0.4, -0.2) is 20.7 Å². The SMILES string of the molecule is Cc1ccc(-n2c(CNC(=O)c3ccc(-c4ccccc4)cc3)nnc2SCc2ccc(F)cc2)cc1. The molecule has 0 saturated carbocycles. The van der Waals surface area contributed by atoms with Crippen LogP contribution in [0.2, 0.25) is 0 Å². The van der Waals surface area contributed by atoms with E-state index in [2.05, 4.69) is 15.5 Å². The first-order valence-corrected chi connectivity index (χ1v) is 12.9. The monoisotopic (exact) mass is 508 g/mol. The minimum atomic E-state index is -0.260. The maximum atomic E-state index is 13.3. The number of rotatable bonds is 8. The number of carbonyl (C=O) groups is 1. The summed E-state index contributed by atoms with van der Waals surface area (Å²) in [6, 6.07) is 32.1. The van der Waals surface area contributed by atoms with Gasteiger partial charge in [0.25, 0.3) is 5.91 Å². The molecular weight excluding hydrogens is 483 g/mol. The average molecular weight is 509 g/mol. The third kappa shape index (κ3) is 5.95. The molecule has 5 rings (SSSR count). The van der Waals surface area contributed by atoms with Gasteiger partial charge in [0, 0.05) is 17.0 Å². The summed E-state index contributed by atoms with van der Waals surface area (Å²) < 4.78 is 15.2. The van der Waals surface area contributed by atoms with Gasteiger partial charge in [0.2, 0.25) is 0 Å². The molecule has 184 valence electrons. The van der Waals surface area contributed by atoms with Crippen LogP contribution in [0.3, 0.4) is 0 Å². The van der Waals surface area contributed by atoms with Gasteiger partial charge in [-0.05, 0) is 60.0 Å². The first-order chi connectivity index (χ1) is 18.1. The molecule has 1 heterocycles. The largest absolute Gasteiger partial charge is 0.345 e. The molecule has 5 nitrogen and oxygen atoms in total. The Morgan fingerprint density at radius 3 is 2.22 bits per heavy atom. The Kier molecular flexibility index (Phi) is 7.42. The Morgan fingerprint density at radius 1 is 0.838 bits per heavy atom. The van der Waals surface area contributed by atoms with Crippen LogP contribution in [0.4, 0.5) is 4.39 Å². The predicted molar refractivity (Wildman–Crippen MR) is 145 cm³/mol. The van der Waals surface area contributed by atoms with Gasteiger partial charge in [-0.1, -0.05) is 84.1 Å². The van der Waals surface area contributed by atoms with Gasteiger partial charge >= 0.3 is 0 Å². The fraction of sp³-hybridized carbons (Fsp3) is 0.100. The topological polar surface area (TPSA) is 59.8 Å². The van der Waals surface area contributed by atoms with Gasteiger partial charge in [-0.3, -0.25) is 9.36 Å². The Balaban J connectivity index is 1.32. The van der Waals surface area contributed by atoms with Crippen molar-refractivity contribution in [3.05, 3.63) is 131 Å².